The van der Waals surface area contributed by atoms with Gasteiger partial charge in [-0.3, -0.25) is 0 Å². The van der Waals surface area contributed by atoms with Crippen LogP contribution in [0.4, 0.5) is 0 Å². The number of thiophene rings is 1. The molecule has 0 aliphatic carbocycles. The van der Waals surface area contributed by atoms with Crippen molar-refractivity contribution in [3.8, 4) is 0 Å². The molecule has 1 atom stereocenters. The van der Waals surface area contributed by atoms with Crippen molar-refractivity contribution in [3.63, 3.8) is 0 Å². The van der Waals surface area contributed by atoms with Crippen LogP contribution in [0.25, 0.3) is 0 Å². The Labute approximate surface area is 118 Å². The van der Waals surface area contributed by atoms with Crippen LogP contribution in [0, 0.1) is 0 Å². The highest BCUT2D eigenvalue weighted by atomic mass is 79.9. The van der Waals surface area contributed by atoms with Crippen LogP contribution in [0.5, 0.6) is 0 Å². The highest BCUT2D eigenvalue weighted by Gasteiger charge is 2.22. The molecule has 1 aromatic rings. The highest BCUT2D eigenvalue weighted by Crippen LogP contribution is 2.34. The average Bonchev–Trinajstić information content (AvgIpc) is 2.59. The lowest BCUT2D eigenvalue weighted by atomic mass is 10.2. The van der Waals surface area contributed by atoms with E-state index in [0.29, 0.717) is 21.7 Å². The minimum Gasteiger partial charge on any atom is -0.396 e. The normalized spacial score (nSPS) is 13.9. The van der Waals surface area contributed by atoms with Crippen LogP contribution >= 0.6 is 38.9 Å². The van der Waals surface area contributed by atoms with Gasteiger partial charge in [0.2, 0.25) is 10.0 Å². The van der Waals surface area contributed by atoms with E-state index in [0.717, 1.165) is 11.3 Å². The van der Waals surface area contributed by atoms with Gasteiger partial charge < -0.3 is 5.11 Å². The minimum absolute atomic E-state index is 0.0457. The Hall–Kier alpha value is 0.340. The molecule has 1 heterocycles. The van der Waals surface area contributed by atoms with Crippen molar-refractivity contribution in [2.75, 3.05) is 6.61 Å². The molecule has 1 rings (SSSR count). The molecule has 17 heavy (non-hydrogen) atoms. The number of rotatable bonds is 6. The lowest BCUT2D eigenvalue weighted by Gasteiger charge is -2.14. The predicted molar refractivity (Wildman–Crippen MR) is 73.1 cm³/mol. The molecule has 0 aromatic carbocycles. The Morgan fingerprint density at radius 2 is 2.29 bits per heavy atom. The van der Waals surface area contributed by atoms with Crippen molar-refractivity contribution in [3.05, 3.63) is 14.9 Å². The molecule has 0 spiro atoms. The molecule has 0 fully saturated rings. The maximum Gasteiger partial charge on any atom is 0.250 e. The van der Waals surface area contributed by atoms with Crippen LogP contribution in [-0.4, -0.2) is 26.2 Å². The molecular weight excluding hydrogens is 350 g/mol. The van der Waals surface area contributed by atoms with Gasteiger partial charge in [-0.05, 0) is 34.8 Å². The Kier molecular flexibility index (Phi) is 5.88. The summed E-state index contributed by atoms with van der Waals surface area (Å²) in [6.07, 6.45) is 1.02. The molecule has 1 unspecified atom stereocenters. The lowest BCUT2D eigenvalue weighted by molar-refractivity contribution is 0.270. The third-order valence-electron chi connectivity index (χ3n) is 2.18. The number of sulfonamides is 1. The molecule has 8 heteroatoms. The third kappa shape index (κ3) is 4.18. The van der Waals surface area contributed by atoms with Gasteiger partial charge in [0.05, 0.1) is 8.81 Å². The zero-order chi connectivity index (χ0) is 13.1. The molecule has 0 aliphatic heterocycles. The van der Waals surface area contributed by atoms with Gasteiger partial charge in [0.15, 0.2) is 0 Å². The van der Waals surface area contributed by atoms with E-state index < -0.39 is 10.0 Å². The molecule has 0 radical (unpaired) electrons. The zero-order valence-electron chi connectivity index (χ0n) is 9.11. The van der Waals surface area contributed by atoms with Crippen LogP contribution in [0.1, 0.15) is 19.8 Å². The number of aliphatic hydroxyl groups excluding tert-OH is 1. The summed E-state index contributed by atoms with van der Waals surface area (Å²) >= 11 is 10.0. The second kappa shape index (κ2) is 6.49. The smallest absolute Gasteiger partial charge is 0.250 e. The largest absolute Gasteiger partial charge is 0.396 e. The van der Waals surface area contributed by atoms with Crippen LogP contribution in [0.3, 0.4) is 0 Å². The summed E-state index contributed by atoms with van der Waals surface area (Å²) in [5, 5.41) is 9.20. The number of hydrogen-bond acceptors (Lipinski definition) is 4. The molecule has 1 aromatic heterocycles. The van der Waals surface area contributed by atoms with Crippen LogP contribution < -0.4 is 4.72 Å². The standard InChI is InChI=1S/C9H13BrClNO3S2/c1-2-6(3-4-13)12-17(14,15)8-5-7(11)9(10)16-8/h5-6,12-13H,2-4H2,1H3. The molecule has 0 amide bonds. The van der Waals surface area contributed by atoms with E-state index in [2.05, 4.69) is 20.7 Å². The number of halogens is 2. The maximum absolute atomic E-state index is 12.0. The Morgan fingerprint density at radius 3 is 2.71 bits per heavy atom. The van der Waals surface area contributed by atoms with Gasteiger partial charge in [-0.15, -0.1) is 11.3 Å². The SMILES string of the molecule is CCC(CCO)NS(=O)(=O)c1cc(Cl)c(Br)s1. The van der Waals surface area contributed by atoms with Crippen molar-refractivity contribution in [2.24, 2.45) is 0 Å². The molecule has 2 N–H and O–H groups in total. The molecule has 0 saturated heterocycles. The van der Waals surface area contributed by atoms with Gasteiger partial charge in [-0.1, -0.05) is 18.5 Å². The summed E-state index contributed by atoms with van der Waals surface area (Å²) in [4.78, 5) is 0. The van der Waals surface area contributed by atoms with Gasteiger partial charge in [0, 0.05) is 12.6 Å². The first-order valence-electron chi connectivity index (χ1n) is 4.98. The van der Waals surface area contributed by atoms with Gasteiger partial charge in [0.25, 0.3) is 0 Å². The van der Waals surface area contributed by atoms with Crippen LogP contribution in [0.15, 0.2) is 14.1 Å². The van der Waals surface area contributed by atoms with Crippen LogP contribution in [-0.2, 0) is 10.0 Å². The van der Waals surface area contributed by atoms with Crippen molar-refractivity contribution < 1.29 is 13.5 Å². The fourth-order valence-electron chi connectivity index (χ4n) is 1.24. The Balaban J connectivity index is 2.88. The number of nitrogens with one attached hydrogen (secondary N) is 1. The van der Waals surface area contributed by atoms with Gasteiger partial charge in [-0.2, -0.15) is 0 Å². The van der Waals surface area contributed by atoms with Gasteiger partial charge in [-0.25, -0.2) is 13.1 Å². The van der Waals surface area contributed by atoms with E-state index in [9.17, 15) is 8.42 Å². The van der Waals surface area contributed by atoms with Gasteiger partial charge >= 0.3 is 0 Å². The van der Waals surface area contributed by atoms with E-state index in [1.807, 2.05) is 6.92 Å². The molecule has 98 valence electrons. The minimum atomic E-state index is -3.55. The molecule has 0 bridgehead atoms. The van der Waals surface area contributed by atoms with E-state index in [4.69, 9.17) is 16.7 Å². The zero-order valence-corrected chi connectivity index (χ0v) is 13.1. The first kappa shape index (κ1) is 15.4. The average molecular weight is 363 g/mol. The van der Waals surface area contributed by atoms with Crippen LogP contribution in [0.2, 0.25) is 5.02 Å². The Bertz CT molecular complexity index is 455. The van der Waals surface area contributed by atoms with Crippen molar-refractivity contribution in [1.82, 2.24) is 4.72 Å². The first-order valence-corrected chi connectivity index (χ1v) is 8.45. The second-order valence-corrected chi connectivity index (χ2v) is 8.14. The lowest BCUT2D eigenvalue weighted by Crippen LogP contribution is -2.34. The quantitative estimate of drug-likeness (QED) is 0.817. The summed E-state index contributed by atoms with van der Waals surface area (Å²) in [7, 11) is -3.55. The summed E-state index contributed by atoms with van der Waals surface area (Å²) in [5.41, 5.74) is 0. The summed E-state index contributed by atoms with van der Waals surface area (Å²) in [6.45, 7) is 1.82. The summed E-state index contributed by atoms with van der Waals surface area (Å²) in [6, 6.07) is 1.15. The fourth-order valence-corrected chi connectivity index (χ4v) is 5.01. The number of aliphatic hydroxyl groups is 1. The fraction of sp³-hybridized carbons (Fsp3) is 0.556. The third-order valence-corrected chi connectivity index (χ3v) is 6.65. The van der Waals surface area contributed by atoms with E-state index >= 15 is 0 Å². The number of hydrogen-bond donors (Lipinski definition) is 2. The van der Waals surface area contributed by atoms with E-state index in [1.165, 1.54) is 6.07 Å². The highest BCUT2D eigenvalue weighted by molar-refractivity contribution is 9.11. The topological polar surface area (TPSA) is 66.4 Å². The van der Waals surface area contributed by atoms with E-state index in [1.54, 1.807) is 0 Å². The Morgan fingerprint density at radius 1 is 1.65 bits per heavy atom. The van der Waals surface area contributed by atoms with Crippen molar-refractivity contribution in [2.45, 2.75) is 30.0 Å². The molecular formula is C9H13BrClNO3S2. The summed E-state index contributed by atoms with van der Waals surface area (Å²) < 4.78 is 27.3. The molecule has 4 nitrogen and oxygen atoms in total. The van der Waals surface area contributed by atoms with Gasteiger partial charge in [0.1, 0.15) is 4.21 Å². The maximum atomic E-state index is 12.0. The van der Waals surface area contributed by atoms with Crippen molar-refractivity contribution in [1.29, 1.82) is 0 Å². The predicted octanol–water partition coefficient (Wildman–Crippen LogP) is 2.60. The van der Waals surface area contributed by atoms with Crippen molar-refractivity contribution >= 4 is 48.9 Å². The molecule has 0 aliphatic rings. The molecule has 0 saturated carbocycles. The second-order valence-electron chi connectivity index (χ2n) is 3.43. The van der Waals surface area contributed by atoms with E-state index in [-0.39, 0.29) is 16.9 Å². The first-order chi connectivity index (χ1) is 7.90. The summed E-state index contributed by atoms with van der Waals surface area (Å²) in [5.74, 6) is 0. The monoisotopic (exact) mass is 361 g/mol.